The summed E-state index contributed by atoms with van der Waals surface area (Å²) in [6.07, 6.45) is 1.85. The zero-order valence-corrected chi connectivity index (χ0v) is 13.2. The van der Waals surface area contributed by atoms with Crippen molar-refractivity contribution in [3.63, 3.8) is 0 Å². The normalized spacial score (nSPS) is 11.1. The van der Waals surface area contributed by atoms with Gasteiger partial charge in [0.15, 0.2) is 4.34 Å². The molecule has 0 radical (unpaired) electrons. The minimum atomic E-state index is 0.493. The van der Waals surface area contributed by atoms with Crippen molar-refractivity contribution in [3.8, 4) is 0 Å². The second kappa shape index (κ2) is 6.08. The Balaban J connectivity index is 1.90. The molecular weight excluding hydrogens is 310 g/mol. The van der Waals surface area contributed by atoms with Crippen LogP contribution in [0.4, 0.5) is 0 Å². The predicted octanol–water partition coefficient (Wildman–Crippen LogP) is 4.84. The number of hydrogen-bond acceptors (Lipinski definition) is 5. The van der Waals surface area contributed by atoms with Crippen molar-refractivity contribution >= 4 is 44.9 Å². The molecule has 3 rings (SSSR count). The number of benzene rings is 1. The van der Waals surface area contributed by atoms with E-state index >= 15 is 0 Å². The van der Waals surface area contributed by atoms with Crippen LogP contribution in [-0.2, 0) is 6.42 Å². The van der Waals surface area contributed by atoms with E-state index in [1.807, 2.05) is 18.2 Å². The summed E-state index contributed by atoms with van der Waals surface area (Å²) in [5.74, 6) is 0.795. The van der Waals surface area contributed by atoms with Crippen molar-refractivity contribution in [2.24, 2.45) is 0 Å². The largest absolute Gasteiger partial charge is 0.229 e. The van der Waals surface area contributed by atoms with Crippen molar-refractivity contribution in [1.82, 2.24) is 15.0 Å². The van der Waals surface area contributed by atoms with E-state index < -0.39 is 0 Å². The van der Waals surface area contributed by atoms with Crippen LogP contribution in [-0.4, -0.2) is 15.0 Å². The van der Waals surface area contributed by atoms with E-state index in [2.05, 4.69) is 27.9 Å². The Hall–Kier alpha value is -1.17. The first-order valence-corrected chi connectivity index (χ1v) is 8.32. The molecule has 0 amide bonds. The maximum atomic E-state index is 6.05. The fourth-order valence-corrected chi connectivity index (χ4v) is 4.11. The minimum absolute atomic E-state index is 0.493. The van der Waals surface area contributed by atoms with Gasteiger partial charge < -0.3 is 0 Å². The number of aromatic nitrogens is 3. The second-order valence-corrected chi connectivity index (χ2v) is 6.93. The van der Waals surface area contributed by atoms with Gasteiger partial charge in [-0.1, -0.05) is 30.7 Å². The molecule has 3 aromatic rings. The van der Waals surface area contributed by atoms with E-state index in [1.54, 1.807) is 17.4 Å². The first-order valence-electron chi connectivity index (χ1n) is 6.31. The molecular formula is C14H12ClN3S2. The molecule has 0 saturated heterocycles. The van der Waals surface area contributed by atoms with E-state index in [1.165, 1.54) is 16.5 Å². The summed E-state index contributed by atoms with van der Waals surface area (Å²) in [5, 5.41) is 1.35. The smallest absolute Gasteiger partial charge is 0.157 e. The number of nitrogens with zero attached hydrogens (tertiary/aromatic N) is 3. The molecule has 20 heavy (non-hydrogen) atoms. The molecule has 2 aromatic heterocycles. The van der Waals surface area contributed by atoms with Gasteiger partial charge in [-0.15, -0.1) is 11.3 Å². The topological polar surface area (TPSA) is 38.7 Å². The third-order valence-electron chi connectivity index (χ3n) is 2.66. The Morgan fingerprint density at radius 3 is 2.85 bits per heavy atom. The van der Waals surface area contributed by atoms with Crippen molar-refractivity contribution in [3.05, 3.63) is 41.3 Å². The van der Waals surface area contributed by atoms with Crippen LogP contribution in [0.2, 0.25) is 5.15 Å². The number of halogens is 1. The van der Waals surface area contributed by atoms with Gasteiger partial charge in [-0.25, -0.2) is 15.0 Å². The average molecular weight is 322 g/mol. The Kier molecular flexibility index (Phi) is 4.19. The highest BCUT2D eigenvalue weighted by Gasteiger charge is 2.08. The van der Waals surface area contributed by atoms with Crippen molar-refractivity contribution in [2.45, 2.75) is 29.1 Å². The lowest BCUT2D eigenvalue weighted by molar-refractivity contribution is 0.809. The second-order valence-electron chi connectivity index (χ2n) is 4.24. The molecule has 0 N–H and O–H groups in total. The van der Waals surface area contributed by atoms with E-state index in [0.29, 0.717) is 5.15 Å². The summed E-state index contributed by atoms with van der Waals surface area (Å²) in [5.41, 5.74) is 1.02. The van der Waals surface area contributed by atoms with Crippen molar-refractivity contribution in [2.75, 3.05) is 0 Å². The molecule has 0 fully saturated rings. The molecule has 0 saturated carbocycles. The molecule has 6 heteroatoms. The highest BCUT2D eigenvalue weighted by Crippen LogP contribution is 2.34. The first kappa shape index (κ1) is 13.8. The van der Waals surface area contributed by atoms with Crippen LogP contribution in [0.15, 0.2) is 39.7 Å². The molecule has 0 unspecified atom stereocenters. The summed E-state index contributed by atoms with van der Waals surface area (Å²) in [6.45, 7) is 2.10. The lowest BCUT2D eigenvalue weighted by Crippen LogP contribution is -1.95. The van der Waals surface area contributed by atoms with Gasteiger partial charge in [0, 0.05) is 12.5 Å². The van der Waals surface area contributed by atoms with Gasteiger partial charge in [0.25, 0.3) is 0 Å². The van der Waals surface area contributed by atoms with Crippen LogP contribution in [0.3, 0.4) is 0 Å². The fraction of sp³-hybridized carbons (Fsp3) is 0.214. The summed E-state index contributed by atoms with van der Waals surface area (Å²) in [4.78, 5) is 13.3. The van der Waals surface area contributed by atoms with Crippen molar-refractivity contribution in [1.29, 1.82) is 0 Å². The summed E-state index contributed by atoms with van der Waals surface area (Å²) < 4.78 is 2.16. The van der Waals surface area contributed by atoms with E-state index in [9.17, 15) is 0 Å². The third kappa shape index (κ3) is 3.11. The van der Waals surface area contributed by atoms with E-state index in [-0.39, 0.29) is 0 Å². The molecule has 0 aliphatic carbocycles. The first-order chi connectivity index (χ1) is 9.74. The number of rotatable bonds is 4. The zero-order valence-electron chi connectivity index (χ0n) is 10.8. The van der Waals surface area contributed by atoms with Gasteiger partial charge in [0.05, 0.1) is 10.2 Å². The predicted molar refractivity (Wildman–Crippen MR) is 84.8 cm³/mol. The monoisotopic (exact) mass is 321 g/mol. The number of fused-ring (bicyclic) bond motifs is 1. The van der Waals surface area contributed by atoms with Crippen molar-refractivity contribution < 1.29 is 0 Å². The summed E-state index contributed by atoms with van der Waals surface area (Å²) in [6, 6.07) is 9.91. The Labute approximate surface area is 130 Å². The summed E-state index contributed by atoms with van der Waals surface area (Å²) >= 11 is 9.25. The fourth-order valence-electron chi connectivity index (χ4n) is 1.81. The van der Waals surface area contributed by atoms with Crippen LogP contribution >= 0.6 is 34.7 Å². The number of thiazole rings is 1. The molecule has 0 aliphatic heterocycles. The molecule has 0 atom stereocenters. The SMILES string of the molecule is CCCc1nc(Cl)cc(Sc2nc3ccccc3s2)n1. The lowest BCUT2D eigenvalue weighted by atomic mass is 10.3. The summed E-state index contributed by atoms with van der Waals surface area (Å²) in [7, 11) is 0. The third-order valence-corrected chi connectivity index (χ3v) is 4.87. The van der Waals surface area contributed by atoms with Gasteiger partial charge in [0.2, 0.25) is 0 Å². The quantitative estimate of drug-likeness (QED) is 0.644. The van der Waals surface area contributed by atoms with E-state index in [0.717, 1.165) is 33.5 Å². The maximum absolute atomic E-state index is 6.05. The maximum Gasteiger partial charge on any atom is 0.157 e. The number of aryl methyl sites for hydroxylation is 1. The highest BCUT2D eigenvalue weighted by atomic mass is 35.5. The van der Waals surface area contributed by atoms with Crippen LogP contribution in [0.1, 0.15) is 19.2 Å². The van der Waals surface area contributed by atoms with Gasteiger partial charge in [-0.3, -0.25) is 0 Å². The van der Waals surface area contributed by atoms with Crippen LogP contribution < -0.4 is 0 Å². The average Bonchev–Trinajstić information content (AvgIpc) is 2.80. The molecule has 0 bridgehead atoms. The molecule has 102 valence electrons. The van der Waals surface area contributed by atoms with Gasteiger partial charge in [-0.2, -0.15) is 0 Å². The highest BCUT2D eigenvalue weighted by molar-refractivity contribution is 8.01. The van der Waals surface area contributed by atoms with Gasteiger partial charge in [0.1, 0.15) is 16.0 Å². The van der Waals surface area contributed by atoms with Gasteiger partial charge >= 0.3 is 0 Å². The van der Waals surface area contributed by atoms with E-state index in [4.69, 9.17) is 11.6 Å². The Morgan fingerprint density at radius 1 is 1.20 bits per heavy atom. The number of hydrogen-bond donors (Lipinski definition) is 0. The molecule has 2 heterocycles. The molecule has 3 nitrogen and oxygen atoms in total. The molecule has 0 aliphatic rings. The standard InChI is InChI=1S/C14H12ClN3S2/c1-2-5-12-17-11(15)8-13(18-12)20-14-16-9-6-3-4-7-10(9)19-14/h3-4,6-8H,2,5H2,1H3. The minimum Gasteiger partial charge on any atom is -0.229 e. The Bertz CT molecular complexity index is 709. The Morgan fingerprint density at radius 2 is 2.05 bits per heavy atom. The zero-order chi connectivity index (χ0) is 13.9. The van der Waals surface area contributed by atoms with Crippen LogP contribution in [0.25, 0.3) is 10.2 Å². The molecule has 0 spiro atoms. The molecule has 1 aromatic carbocycles. The van der Waals surface area contributed by atoms with Crippen LogP contribution in [0, 0.1) is 0 Å². The number of para-hydroxylation sites is 1. The lowest BCUT2D eigenvalue weighted by Gasteiger charge is -2.02. The van der Waals surface area contributed by atoms with Gasteiger partial charge in [-0.05, 0) is 30.3 Å². The van der Waals surface area contributed by atoms with Crippen LogP contribution in [0.5, 0.6) is 0 Å².